The van der Waals surface area contributed by atoms with E-state index in [1.54, 1.807) is 6.07 Å². The number of carbonyl (C=O) groups excluding carboxylic acids is 1. The van der Waals surface area contributed by atoms with Gasteiger partial charge in [0.1, 0.15) is 11.3 Å². The van der Waals surface area contributed by atoms with E-state index in [0.29, 0.717) is 28.9 Å². The maximum absolute atomic E-state index is 12.4. The molecule has 0 atom stereocenters. The van der Waals surface area contributed by atoms with Crippen LogP contribution in [0.25, 0.3) is 11.0 Å². The Hall–Kier alpha value is -2.83. The van der Waals surface area contributed by atoms with E-state index < -0.39 is 5.63 Å². The summed E-state index contributed by atoms with van der Waals surface area (Å²) in [5.41, 5.74) is 3.30. The first-order valence-electron chi connectivity index (χ1n) is 11.3. The van der Waals surface area contributed by atoms with E-state index in [9.17, 15) is 9.59 Å². The molecule has 1 aliphatic rings. The fourth-order valence-electron chi connectivity index (χ4n) is 4.52. The fraction of sp³-hybridized carbons (Fsp3) is 0.385. The maximum Gasteiger partial charge on any atom is 0.336 e. The Kier molecular flexibility index (Phi) is 7.05. The van der Waals surface area contributed by atoms with E-state index in [4.69, 9.17) is 20.8 Å². The van der Waals surface area contributed by atoms with E-state index in [1.807, 2.05) is 26.0 Å². The lowest BCUT2D eigenvalue weighted by Crippen LogP contribution is -2.46. The molecule has 1 aliphatic heterocycles. The van der Waals surface area contributed by atoms with Gasteiger partial charge in [0.2, 0.25) is 0 Å². The van der Waals surface area contributed by atoms with Gasteiger partial charge in [0, 0.05) is 49.5 Å². The Bertz CT molecular complexity index is 1210. The topological polar surface area (TPSA) is 63.0 Å². The van der Waals surface area contributed by atoms with Crippen molar-refractivity contribution in [2.24, 2.45) is 0 Å². The third-order valence-corrected chi connectivity index (χ3v) is 6.41. The molecule has 174 valence electrons. The molecule has 2 aromatic carbocycles. The Balaban J connectivity index is 1.38. The molecule has 0 radical (unpaired) electrons. The quantitative estimate of drug-likeness (QED) is 0.280. The molecular formula is C26H29ClN2O4. The van der Waals surface area contributed by atoms with Crippen LogP contribution in [-0.4, -0.2) is 50.0 Å². The monoisotopic (exact) mass is 468 g/mol. The lowest BCUT2D eigenvalue weighted by Gasteiger charge is -2.36. The van der Waals surface area contributed by atoms with Crippen molar-refractivity contribution in [3.63, 3.8) is 0 Å². The number of halogens is 1. The highest BCUT2D eigenvalue weighted by atomic mass is 35.5. The summed E-state index contributed by atoms with van der Waals surface area (Å²) in [7, 11) is 0. The molecule has 33 heavy (non-hydrogen) atoms. The van der Waals surface area contributed by atoms with Gasteiger partial charge in [-0.1, -0.05) is 11.6 Å². The van der Waals surface area contributed by atoms with Gasteiger partial charge in [0.15, 0.2) is 5.78 Å². The number of nitrogens with zero attached hydrogens (tertiary/aromatic N) is 2. The van der Waals surface area contributed by atoms with Crippen LogP contribution in [-0.2, 0) is 0 Å². The smallest absolute Gasteiger partial charge is 0.336 e. The summed E-state index contributed by atoms with van der Waals surface area (Å²) in [5, 5.41) is 1.45. The zero-order chi connectivity index (χ0) is 23.5. The Labute approximate surface area is 198 Å². The van der Waals surface area contributed by atoms with Crippen molar-refractivity contribution >= 4 is 34.0 Å². The Morgan fingerprint density at radius 2 is 1.76 bits per heavy atom. The number of fused-ring (bicyclic) bond motifs is 1. The second kappa shape index (κ2) is 9.98. The maximum atomic E-state index is 12.4. The SMILES string of the molecule is CC(=O)c1c(C)cc2oc(=O)cc(C)c2c1OCCCN1CCN(c2ccc(Cl)cc2)CC1. The average molecular weight is 469 g/mol. The van der Waals surface area contributed by atoms with Crippen LogP contribution in [0, 0.1) is 13.8 Å². The highest BCUT2D eigenvalue weighted by molar-refractivity contribution is 6.30. The second-order valence-corrected chi connectivity index (χ2v) is 9.02. The van der Waals surface area contributed by atoms with Crippen molar-refractivity contribution in [2.45, 2.75) is 27.2 Å². The summed E-state index contributed by atoms with van der Waals surface area (Å²) >= 11 is 6.00. The summed E-state index contributed by atoms with van der Waals surface area (Å²) in [6.07, 6.45) is 0.837. The molecule has 0 spiro atoms. The highest BCUT2D eigenvalue weighted by Gasteiger charge is 2.20. The van der Waals surface area contributed by atoms with Gasteiger partial charge in [-0.15, -0.1) is 0 Å². The molecule has 1 fully saturated rings. The number of hydrogen-bond donors (Lipinski definition) is 0. The van der Waals surface area contributed by atoms with Crippen molar-refractivity contribution in [2.75, 3.05) is 44.2 Å². The zero-order valence-electron chi connectivity index (χ0n) is 19.3. The number of carbonyl (C=O) groups is 1. The van der Waals surface area contributed by atoms with Crippen LogP contribution >= 0.6 is 11.6 Å². The van der Waals surface area contributed by atoms with E-state index in [2.05, 4.69) is 21.9 Å². The predicted molar refractivity (Wildman–Crippen MR) is 132 cm³/mol. The highest BCUT2D eigenvalue weighted by Crippen LogP contribution is 2.34. The number of benzene rings is 2. The molecule has 0 unspecified atom stereocenters. The third-order valence-electron chi connectivity index (χ3n) is 6.16. The minimum Gasteiger partial charge on any atom is -0.492 e. The third kappa shape index (κ3) is 5.23. The normalized spacial score (nSPS) is 14.6. The van der Waals surface area contributed by atoms with Crippen LogP contribution in [0.15, 0.2) is 45.6 Å². The largest absolute Gasteiger partial charge is 0.492 e. The molecule has 6 nitrogen and oxygen atoms in total. The molecule has 0 bridgehead atoms. The molecule has 0 amide bonds. The number of ketones is 1. The summed E-state index contributed by atoms with van der Waals surface area (Å²) < 4.78 is 11.6. The number of hydrogen-bond acceptors (Lipinski definition) is 6. The average Bonchev–Trinajstić information content (AvgIpc) is 2.76. The van der Waals surface area contributed by atoms with Crippen LogP contribution < -0.4 is 15.3 Å². The first kappa shape index (κ1) is 23.3. The zero-order valence-corrected chi connectivity index (χ0v) is 20.1. The summed E-state index contributed by atoms with van der Waals surface area (Å²) in [6, 6.07) is 11.2. The van der Waals surface area contributed by atoms with Crippen molar-refractivity contribution in [3.8, 4) is 5.75 Å². The van der Waals surface area contributed by atoms with Gasteiger partial charge in [-0.25, -0.2) is 4.79 Å². The molecular weight excluding hydrogens is 440 g/mol. The standard InChI is InChI=1S/C26H29ClN2O4/c1-17-15-22-25(18(2)16-23(31)33-22)26(24(17)19(3)30)32-14-4-9-28-10-12-29(13-11-28)21-7-5-20(27)6-8-21/h5-8,15-16H,4,9-14H2,1-3H3. The molecule has 3 aromatic rings. The lowest BCUT2D eigenvalue weighted by atomic mass is 9.98. The summed E-state index contributed by atoms with van der Waals surface area (Å²) in [4.78, 5) is 29.0. The van der Waals surface area contributed by atoms with Crippen LogP contribution in [0.1, 0.15) is 34.8 Å². The lowest BCUT2D eigenvalue weighted by molar-refractivity contribution is 0.101. The minimum atomic E-state index is -0.404. The first-order chi connectivity index (χ1) is 15.8. The van der Waals surface area contributed by atoms with E-state index in [-0.39, 0.29) is 5.78 Å². The summed E-state index contributed by atoms with van der Waals surface area (Å²) in [6.45, 7) is 10.5. The number of piperazine rings is 1. The van der Waals surface area contributed by atoms with Crippen LogP contribution in [0.3, 0.4) is 0 Å². The van der Waals surface area contributed by atoms with E-state index in [1.165, 1.54) is 18.7 Å². The molecule has 0 aliphatic carbocycles. The van der Waals surface area contributed by atoms with Gasteiger partial charge in [-0.3, -0.25) is 9.69 Å². The molecule has 1 saturated heterocycles. The van der Waals surface area contributed by atoms with Crippen molar-refractivity contribution in [1.29, 1.82) is 0 Å². The number of ether oxygens (including phenoxy) is 1. The van der Waals surface area contributed by atoms with Gasteiger partial charge >= 0.3 is 5.63 Å². The van der Waals surface area contributed by atoms with Crippen molar-refractivity contribution in [3.05, 3.63) is 68.5 Å². The van der Waals surface area contributed by atoms with Gasteiger partial charge in [0.25, 0.3) is 0 Å². The van der Waals surface area contributed by atoms with Crippen LogP contribution in [0.5, 0.6) is 5.75 Å². The Morgan fingerprint density at radius 3 is 2.42 bits per heavy atom. The van der Waals surface area contributed by atoms with E-state index in [0.717, 1.165) is 55.3 Å². The van der Waals surface area contributed by atoms with Gasteiger partial charge < -0.3 is 14.1 Å². The Morgan fingerprint density at radius 1 is 1.06 bits per heavy atom. The molecule has 0 N–H and O–H groups in total. The van der Waals surface area contributed by atoms with Gasteiger partial charge in [0.05, 0.1) is 17.6 Å². The van der Waals surface area contributed by atoms with Gasteiger partial charge in [-0.05, 0) is 68.7 Å². The second-order valence-electron chi connectivity index (χ2n) is 8.58. The number of rotatable bonds is 7. The number of aryl methyl sites for hydroxylation is 2. The van der Waals surface area contributed by atoms with Crippen LogP contribution in [0.4, 0.5) is 5.69 Å². The van der Waals surface area contributed by atoms with Gasteiger partial charge in [-0.2, -0.15) is 0 Å². The minimum absolute atomic E-state index is 0.0617. The van der Waals surface area contributed by atoms with Crippen molar-refractivity contribution < 1.29 is 13.9 Å². The molecule has 2 heterocycles. The first-order valence-corrected chi connectivity index (χ1v) is 11.7. The fourth-order valence-corrected chi connectivity index (χ4v) is 4.65. The molecule has 4 rings (SSSR count). The molecule has 7 heteroatoms. The predicted octanol–water partition coefficient (Wildman–Crippen LogP) is 4.86. The molecule has 1 aromatic heterocycles. The van der Waals surface area contributed by atoms with Crippen LogP contribution in [0.2, 0.25) is 5.02 Å². The van der Waals surface area contributed by atoms with Crippen molar-refractivity contribution in [1.82, 2.24) is 4.90 Å². The number of anilines is 1. The summed E-state index contributed by atoms with van der Waals surface area (Å²) in [5.74, 6) is 0.458. The molecule has 0 saturated carbocycles. The number of Topliss-reactive ketones (excluding diaryl/α,β-unsaturated/α-hetero) is 1. The van der Waals surface area contributed by atoms with E-state index >= 15 is 0 Å².